The zero-order chi connectivity index (χ0) is 15.7. The van der Waals surface area contributed by atoms with Crippen LogP contribution in [0.1, 0.15) is 11.5 Å². The van der Waals surface area contributed by atoms with Crippen molar-refractivity contribution in [3.8, 4) is 0 Å². The number of hydrogen-bond acceptors (Lipinski definition) is 7. The number of thioether (sulfide) groups is 2. The molecule has 8 heteroatoms. The van der Waals surface area contributed by atoms with Gasteiger partial charge >= 0.3 is 0 Å². The molecular formula is C13H21N3O3S2. The Morgan fingerprint density at radius 2 is 2.19 bits per heavy atom. The molecule has 1 aromatic rings. The smallest absolute Gasteiger partial charge is 0.263 e. The molecule has 21 heavy (non-hydrogen) atoms. The topological polar surface area (TPSA) is 71.6 Å². The molecule has 1 N–H and O–H groups in total. The van der Waals surface area contributed by atoms with Crippen LogP contribution in [0.3, 0.4) is 0 Å². The minimum Gasteiger partial charge on any atom is -0.464 e. The van der Waals surface area contributed by atoms with Crippen molar-refractivity contribution in [2.75, 3.05) is 32.6 Å². The molecule has 0 aliphatic rings. The zero-order valence-corrected chi connectivity index (χ0v) is 14.1. The maximum absolute atomic E-state index is 10.4. The monoisotopic (exact) mass is 331 g/mol. The summed E-state index contributed by atoms with van der Waals surface area (Å²) in [6, 6.07) is 4.00. The van der Waals surface area contributed by atoms with Gasteiger partial charge in [-0.1, -0.05) is 0 Å². The normalized spacial score (nSPS) is 11.9. The molecule has 0 aliphatic carbocycles. The van der Waals surface area contributed by atoms with Crippen molar-refractivity contribution in [1.82, 2.24) is 10.2 Å². The van der Waals surface area contributed by atoms with Gasteiger partial charge in [0.05, 0.1) is 17.2 Å². The minimum atomic E-state index is -0.443. The van der Waals surface area contributed by atoms with Crippen molar-refractivity contribution in [2.24, 2.45) is 0 Å². The summed E-state index contributed by atoms with van der Waals surface area (Å²) in [7, 11) is 4.01. The number of nitro groups is 1. The van der Waals surface area contributed by atoms with Crippen molar-refractivity contribution < 1.29 is 9.34 Å². The van der Waals surface area contributed by atoms with Crippen LogP contribution in [0.5, 0.6) is 0 Å². The first-order valence-corrected chi connectivity index (χ1v) is 8.82. The van der Waals surface area contributed by atoms with Gasteiger partial charge in [-0.2, -0.15) is 11.8 Å². The maximum Gasteiger partial charge on any atom is 0.263 e. The first kappa shape index (κ1) is 17.9. The van der Waals surface area contributed by atoms with E-state index in [2.05, 4.69) is 10.2 Å². The second-order valence-corrected chi connectivity index (χ2v) is 6.52. The third kappa shape index (κ3) is 8.03. The van der Waals surface area contributed by atoms with E-state index in [9.17, 15) is 10.1 Å². The van der Waals surface area contributed by atoms with Crippen LogP contribution in [0.4, 0.5) is 0 Å². The van der Waals surface area contributed by atoms with E-state index in [-0.39, 0.29) is 0 Å². The van der Waals surface area contributed by atoms with Crippen molar-refractivity contribution in [3.63, 3.8) is 0 Å². The highest BCUT2D eigenvalue weighted by molar-refractivity contribution is 8.02. The molecule has 0 amide bonds. The van der Waals surface area contributed by atoms with Crippen LogP contribution in [0, 0.1) is 10.1 Å². The molecule has 0 aromatic carbocycles. The van der Waals surface area contributed by atoms with Gasteiger partial charge in [-0.05, 0) is 32.5 Å². The van der Waals surface area contributed by atoms with E-state index in [4.69, 9.17) is 4.42 Å². The average molecular weight is 331 g/mol. The summed E-state index contributed by atoms with van der Waals surface area (Å²) >= 11 is 3.07. The third-order valence-corrected chi connectivity index (χ3v) is 4.09. The van der Waals surface area contributed by atoms with Gasteiger partial charge in [0.2, 0.25) is 0 Å². The van der Waals surface area contributed by atoms with E-state index in [1.165, 1.54) is 11.8 Å². The van der Waals surface area contributed by atoms with Crippen molar-refractivity contribution in [1.29, 1.82) is 0 Å². The lowest BCUT2D eigenvalue weighted by Gasteiger charge is -2.06. The highest BCUT2D eigenvalue weighted by atomic mass is 32.2. The Morgan fingerprint density at radius 1 is 1.48 bits per heavy atom. The molecule has 1 aromatic heterocycles. The minimum absolute atomic E-state index is 0.443. The van der Waals surface area contributed by atoms with E-state index >= 15 is 0 Å². The Morgan fingerprint density at radius 3 is 2.81 bits per heavy atom. The Labute approximate surface area is 133 Å². The van der Waals surface area contributed by atoms with Crippen LogP contribution in [0.2, 0.25) is 0 Å². The summed E-state index contributed by atoms with van der Waals surface area (Å²) in [5, 5.41) is 14.0. The molecule has 1 heterocycles. The summed E-state index contributed by atoms with van der Waals surface area (Å²) in [5.41, 5.74) is 0. The van der Waals surface area contributed by atoms with Gasteiger partial charge in [-0.25, -0.2) is 0 Å². The molecule has 0 atom stereocenters. The fraction of sp³-hybridized carbons (Fsp3) is 0.538. The Bertz CT molecular complexity index is 475. The van der Waals surface area contributed by atoms with Crippen LogP contribution < -0.4 is 5.32 Å². The Hall–Kier alpha value is -1.12. The first-order chi connectivity index (χ1) is 10.0. The number of nitrogens with zero attached hydrogens (tertiary/aromatic N) is 2. The van der Waals surface area contributed by atoms with Crippen LogP contribution in [0.25, 0.3) is 0 Å². The Balaban J connectivity index is 2.22. The van der Waals surface area contributed by atoms with E-state index < -0.39 is 4.92 Å². The summed E-state index contributed by atoms with van der Waals surface area (Å²) in [6.07, 6.45) is 2.81. The lowest BCUT2D eigenvalue weighted by Crippen LogP contribution is -2.15. The van der Waals surface area contributed by atoms with E-state index in [0.29, 0.717) is 11.6 Å². The fourth-order valence-corrected chi connectivity index (χ4v) is 2.77. The first-order valence-electron chi connectivity index (χ1n) is 6.44. The highest BCUT2D eigenvalue weighted by Gasteiger charge is 2.04. The van der Waals surface area contributed by atoms with Crippen molar-refractivity contribution in [3.05, 3.63) is 45.0 Å². The standard InChI is InChI=1S/C13H21N3O3S2/c1-15(2)8-11-4-5-12(19-11)10-21-7-6-14-13(20-3)9-16(17)18/h4-5,9,14H,6-8,10H2,1-3H3/b13-9-. The van der Waals surface area contributed by atoms with Gasteiger partial charge in [-0.15, -0.1) is 11.8 Å². The Kier molecular flexibility index (Phi) is 8.33. The lowest BCUT2D eigenvalue weighted by atomic mass is 10.4. The van der Waals surface area contributed by atoms with Crippen LogP contribution in [-0.2, 0) is 12.3 Å². The molecule has 0 spiro atoms. The van der Waals surface area contributed by atoms with Gasteiger partial charge in [0.15, 0.2) is 0 Å². The van der Waals surface area contributed by atoms with E-state index in [1.54, 1.807) is 11.8 Å². The van der Waals surface area contributed by atoms with Gasteiger partial charge in [0.25, 0.3) is 6.20 Å². The number of rotatable bonds is 10. The second kappa shape index (κ2) is 9.75. The third-order valence-electron chi connectivity index (χ3n) is 2.42. The fourth-order valence-electron chi connectivity index (χ4n) is 1.58. The molecule has 1 rings (SSSR count). The summed E-state index contributed by atoms with van der Waals surface area (Å²) < 4.78 is 5.71. The van der Waals surface area contributed by atoms with Crippen LogP contribution in [0.15, 0.2) is 27.8 Å². The van der Waals surface area contributed by atoms with Crippen LogP contribution >= 0.6 is 23.5 Å². The SMILES string of the molecule is CS/C(=C\[N+](=O)[O-])NCCSCc1ccc(CN(C)C)o1. The molecule has 0 radical (unpaired) electrons. The molecule has 0 unspecified atom stereocenters. The zero-order valence-electron chi connectivity index (χ0n) is 12.5. The molecule has 0 saturated heterocycles. The second-order valence-electron chi connectivity index (χ2n) is 4.57. The molecule has 0 aliphatic heterocycles. The molecule has 0 bridgehead atoms. The summed E-state index contributed by atoms with van der Waals surface area (Å²) in [6.45, 7) is 1.49. The lowest BCUT2D eigenvalue weighted by molar-refractivity contribution is -0.403. The number of nitrogens with one attached hydrogen (secondary N) is 1. The highest BCUT2D eigenvalue weighted by Crippen LogP contribution is 2.16. The van der Waals surface area contributed by atoms with E-state index in [1.807, 2.05) is 32.5 Å². The average Bonchev–Trinajstić information content (AvgIpc) is 2.83. The largest absolute Gasteiger partial charge is 0.464 e. The molecule has 6 nitrogen and oxygen atoms in total. The predicted molar refractivity (Wildman–Crippen MR) is 88.9 cm³/mol. The molecule has 0 fully saturated rings. The van der Waals surface area contributed by atoms with Crippen molar-refractivity contribution >= 4 is 23.5 Å². The molecule has 0 saturated carbocycles. The van der Waals surface area contributed by atoms with Gasteiger partial charge in [-0.3, -0.25) is 10.1 Å². The van der Waals surface area contributed by atoms with Crippen LogP contribution in [-0.4, -0.2) is 42.5 Å². The van der Waals surface area contributed by atoms with Gasteiger partial charge < -0.3 is 14.6 Å². The number of furan rings is 1. The number of hydrogen-bond donors (Lipinski definition) is 1. The van der Waals surface area contributed by atoms with Gasteiger partial charge in [0, 0.05) is 12.3 Å². The van der Waals surface area contributed by atoms with Crippen molar-refractivity contribution in [2.45, 2.75) is 12.3 Å². The summed E-state index contributed by atoms with van der Waals surface area (Å²) in [5.74, 6) is 3.59. The van der Waals surface area contributed by atoms with Gasteiger partial charge in [0.1, 0.15) is 16.5 Å². The quantitative estimate of drug-likeness (QED) is 0.401. The maximum atomic E-state index is 10.4. The molecular weight excluding hydrogens is 310 g/mol. The summed E-state index contributed by atoms with van der Waals surface area (Å²) in [4.78, 5) is 12.0. The molecule has 118 valence electrons. The predicted octanol–water partition coefficient (Wildman–Crippen LogP) is 2.60. The van der Waals surface area contributed by atoms with E-state index in [0.717, 1.165) is 35.8 Å².